The van der Waals surface area contributed by atoms with Gasteiger partial charge >= 0.3 is 0 Å². The van der Waals surface area contributed by atoms with E-state index in [2.05, 4.69) is 20.3 Å². The summed E-state index contributed by atoms with van der Waals surface area (Å²) >= 11 is 5.85. The van der Waals surface area contributed by atoms with E-state index in [0.717, 1.165) is 22.9 Å². The number of anilines is 1. The van der Waals surface area contributed by atoms with Crippen LogP contribution in [0.15, 0.2) is 49.1 Å². The lowest BCUT2D eigenvalue weighted by molar-refractivity contribution is 0.926. The second-order valence-corrected chi connectivity index (χ2v) is 4.98. The standard InChI is InChI=1S/C15H14ClN5/c1-11-17-6-7-21(11)15-3-2-12(10-20-15)9-19-13-4-5-18-14(16)8-13/h2-8,10H,9H2,1H3,(H,18,19). The molecule has 0 aliphatic carbocycles. The van der Waals surface area contributed by atoms with Gasteiger partial charge in [-0.05, 0) is 30.7 Å². The van der Waals surface area contributed by atoms with E-state index in [9.17, 15) is 0 Å². The fourth-order valence-corrected chi connectivity index (χ4v) is 2.17. The van der Waals surface area contributed by atoms with Crippen LogP contribution in [0.1, 0.15) is 11.4 Å². The lowest BCUT2D eigenvalue weighted by atomic mass is 10.2. The first-order valence-electron chi connectivity index (χ1n) is 6.53. The molecule has 21 heavy (non-hydrogen) atoms. The lowest BCUT2D eigenvalue weighted by Gasteiger charge is -2.08. The van der Waals surface area contributed by atoms with E-state index >= 15 is 0 Å². The first-order chi connectivity index (χ1) is 10.2. The molecule has 0 unspecified atom stereocenters. The Hall–Kier alpha value is -2.40. The third kappa shape index (κ3) is 3.20. The summed E-state index contributed by atoms with van der Waals surface area (Å²) in [5.74, 6) is 1.78. The van der Waals surface area contributed by atoms with Gasteiger partial charge in [-0.1, -0.05) is 17.7 Å². The van der Waals surface area contributed by atoms with E-state index in [1.807, 2.05) is 42.1 Å². The second kappa shape index (κ2) is 5.93. The quantitative estimate of drug-likeness (QED) is 0.751. The Balaban J connectivity index is 1.69. The van der Waals surface area contributed by atoms with E-state index < -0.39 is 0 Å². The summed E-state index contributed by atoms with van der Waals surface area (Å²) in [5.41, 5.74) is 2.02. The summed E-state index contributed by atoms with van der Waals surface area (Å²) in [7, 11) is 0. The molecule has 0 aliphatic heterocycles. The van der Waals surface area contributed by atoms with E-state index in [1.54, 1.807) is 18.5 Å². The van der Waals surface area contributed by atoms with Gasteiger partial charge in [0, 0.05) is 37.0 Å². The summed E-state index contributed by atoms with van der Waals surface area (Å²) < 4.78 is 1.94. The zero-order valence-electron chi connectivity index (χ0n) is 11.5. The Morgan fingerprint density at radius 2 is 2.05 bits per heavy atom. The van der Waals surface area contributed by atoms with Gasteiger partial charge in [-0.3, -0.25) is 4.57 Å². The molecular weight excluding hydrogens is 286 g/mol. The van der Waals surface area contributed by atoms with Crippen LogP contribution in [-0.2, 0) is 6.54 Å². The van der Waals surface area contributed by atoms with Crippen molar-refractivity contribution in [3.63, 3.8) is 0 Å². The van der Waals surface area contributed by atoms with Gasteiger partial charge in [-0.2, -0.15) is 0 Å². The number of aryl methyl sites for hydroxylation is 1. The molecule has 0 saturated carbocycles. The van der Waals surface area contributed by atoms with Crippen molar-refractivity contribution in [2.45, 2.75) is 13.5 Å². The van der Waals surface area contributed by atoms with Crippen molar-refractivity contribution in [3.05, 3.63) is 65.6 Å². The molecule has 0 radical (unpaired) electrons. The van der Waals surface area contributed by atoms with Gasteiger partial charge < -0.3 is 5.32 Å². The molecule has 3 rings (SSSR count). The number of rotatable bonds is 4. The van der Waals surface area contributed by atoms with Crippen LogP contribution in [0.2, 0.25) is 5.15 Å². The van der Waals surface area contributed by atoms with Crippen molar-refractivity contribution in [1.29, 1.82) is 0 Å². The molecule has 6 heteroatoms. The minimum absolute atomic E-state index is 0.476. The number of hydrogen-bond acceptors (Lipinski definition) is 4. The highest BCUT2D eigenvalue weighted by molar-refractivity contribution is 6.29. The molecule has 0 spiro atoms. The normalized spacial score (nSPS) is 10.6. The summed E-state index contributed by atoms with van der Waals surface area (Å²) in [6, 6.07) is 7.68. The molecule has 3 aromatic rings. The number of hydrogen-bond donors (Lipinski definition) is 1. The largest absolute Gasteiger partial charge is 0.381 e. The molecule has 0 aromatic carbocycles. The zero-order chi connectivity index (χ0) is 14.7. The fraction of sp³-hybridized carbons (Fsp3) is 0.133. The van der Waals surface area contributed by atoms with Crippen molar-refractivity contribution in [1.82, 2.24) is 19.5 Å². The van der Waals surface area contributed by atoms with Crippen molar-refractivity contribution >= 4 is 17.3 Å². The molecule has 0 fully saturated rings. The molecule has 3 heterocycles. The smallest absolute Gasteiger partial charge is 0.137 e. The van der Waals surface area contributed by atoms with Crippen LogP contribution >= 0.6 is 11.6 Å². The van der Waals surface area contributed by atoms with Crippen LogP contribution in [0.25, 0.3) is 5.82 Å². The van der Waals surface area contributed by atoms with Gasteiger partial charge in [0.1, 0.15) is 16.8 Å². The fourth-order valence-electron chi connectivity index (χ4n) is 2.00. The Kier molecular flexibility index (Phi) is 3.83. The van der Waals surface area contributed by atoms with Gasteiger partial charge in [0.2, 0.25) is 0 Å². The Morgan fingerprint density at radius 1 is 1.14 bits per heavy atom. The summed E-state index contributed by atoms with van der Waals surface area (Å²) in [4.78, 5) is 12.6. The average Bonchev–Trinajstić information content (AvgIpc) is 2.92. The van der Waals surface area contributed by atoms with Crippen molar-refractivity contribution in [2.75, 3.05) is 5.32 Å². The minimum atomic E-state index is 0.476. The number of imidazole rings is 1. The SMILES string of the molecule is Cc1nccn1-c1ccc(CNc2ccnc(Cl)c2)cn1. The molecule has 3 aromatic heterocycles. The van der Waals surface area contributed by atoms with Crippen LogP contribution in [0.5, 0.6) is 0 Å². The Labute approximate surface area is 127 Å². The van der Waals surface area contributed by atoms with Gasteiger partial charge in [0.25, 0.3) is 0 Å². The number of halogens is 1. The monoisotopic (exact) mass is 299 g/mol. The predicted octanol–water partition coefficient (Wildman–Crippen LogP) is 3.24. The summed E-state index contributed by atoms with van der Waals surface area (Å²) in [5, 5.41) is 3.76. The van der Waals surface area contributed by atoms with Crippen molar-refractivity contribution in [3.8, 4) is 5.82 Å². The zero-order valence-corrected chi connectivity index (χ0v) is 12.2. The first-order valence-corrected chi connectivity index (χ1v) is 6.91. The topological polar surface area (TPSA) is 55.6 Å². The van der Waals surface area contributed by atoms with Gasteiger partial charge in [0.05, 0.1) is 0 Å². The van der Waals surface area contributed by atoms with E-state index in [0.29, 0.717) is 11.7 Å². The summed E-state index contributed by atoms with van der Waals surface area (Å²) in [6.07, 6.45) is 7.19. The van der Waals surface area contributed by atoms with Crippen molar-refractivity contribution in [2.24, 2.45) is 0 Å². The highest BCUT2D eigenvalue weighted by Gasteiger charge is 2.02. The molecule has 0 amide bonds. The van der Waals surface area contributed by atoms with Gasteiger partial charge in [0.15, 0.2) is 0 Å². The van der Waals surface area contributed by atoms with Gasteiger partial charge in [-0.15, -0.1) is 0 Å². The third-order valence-corrected chi connectivity index (χ3v) is 3.31. The Morgan fingerprint density at radius 3 is 2.71 bits per heavy atom. The Bertz CT molecular complexity index is 736. The maximum Gasteiger partial charge on any atom is 0.137 e. The molecule has 106 valence electrons. The van der Waals surface area contributed by atoms with Crippen LogP contribution in [0, 0.1) is 6.92 Å². The van der Waals surface area contributed by atoms with Crippen molar-refractivity contribution < 1.29 is 0 Å². The number of nitrogens with zero attached hydrogens (tertiary/aromatic N) is 4. The minimum Gasteiger partial charge on any atom is -0.381 e. The molecule has 0 atom stereocenters. The maximum absolute atomic E-state index is 5.85. The molecule has 0 aliphatic rings. The second-order valence-electron chi connectivity index (χ2n) is 4.59. The highest BCUT2D eigenvalue weighted by Crippen LogP contribution is 2.14. The van der Waals surface area contributed by atoms with Gasteiger partial charge in [-0.25, -0.2) is 15.0 Å². The maximum atomic E-state index is 5.85. The van der Waals surface area contributed by atoms with E-state index in [1.165, 1.54) is 0 Å². The number of pyridine rings is 2. The summed E-state index contributed by atoms with van der Waals surface area (Å²) in [6.45, 7) is 2.63. The molecule has 0 saturated heterocycles. The van der Waals surface area contributed by atoms with Crippen LogP contribution in [0.3, 0.4) is 0 Å². The van der Waals surface area contributed by atoms with Crippen LogP contribution in [-0.4, -0.2) is 19.5 Å². The highest BCUT2D eigenvalue weighted by atomic mass is 35.5. The first kappa shape index (κ1) is 13.6. The third-order valence-electron chi connectivity index (χ3n) is 3.10. The molecule has 1 N–H and O–H groups in total. The molecule has 5 nitrogen and oxygen atoms in total. The molecule has 0 bridgehead atoms. The number of nitrogens with one attached hydrogen (secondary N) is 1. The van der Waals surface area contributed by atoms with E-state index in [-0.39, 0.29) is 0 Å². The molecular formula is C15H14ClN5. The van der Waals surface area contributed by atoms with Crippen LogP contribution in [0.4, 0.5) is 5.69 Å². The lowest BCUT2D eigenvalue weighted by Crippen LogP contribution is -2.02. The number of aromatic nitrogens is 4. The predicted molar refractivity (Wildman–Crippen MR) is 82.7 cm³/mol. The average molecular weight is 300 g/mol. The van der Waals surface area contributed by atoms with Crippen LogP contribution < -0.4 is 5.32 Å². The van der Waals surface area contributed by atoms with E-state index in [4.69, 9.17) is 11.6 Å².